The number of fused-ring (bicyclic) bond motifs is 1. The van der Waals surface area contributed by atoms with Gasteiger partial charge >= 0.3 is 0 Å². The number of aliphatic hydroxyl groups is 1. The third-order valence-corrected chi connectivity index (χ3v) is 3.93. The van der Waals surface area contributed by atoms with Crippen molar-refractivity contribution in [2.75, 3.05) is 24.2 Å². The van der Waals surface area contributed by atoms with Gasteiger partial charge in [-0.25, -0.2) is 4.98 Å². The minimum atomic E-state index is -0.252. The predicted molar refractivity (Wildman–Crippen MR) is 81.1 cm³/mol. The minimum Gasteiger partial charge on any atom is -0.393 e. The van der Waals surface area contributed by atoms with Gasteiger partial charge in [-0.15, -0.1) is 11.3 Å². The van der Waals surface area contributed by atoms with Crippen molar-refractivity contribution in [2.45, 2.75) is 32.8 Å². The molecule has 0 bridgehead atoms. The molecule has 0 aliphatic rings. The second-order valence-electron chi connectivity index (χ2n) is 4.50. The highest BCUT2D eigenvalue weighted by atomic mass is 32.1. The normalized spacial score (nSPS) is 12.6. The number of hydrogen-bond donors (Lipinski definition) is 3. The van der Waals surface area contributed by atoms with Gasteiger partial charge in [-0.3, -0.25) is 0 Å². The van der Waals surface area contributed by atoms with E-state index in [0.29, 0.717) is 12.5 Å². The predicted octanol–water partition coefficient (Wildman–Crippen LogP) is 2.61. The van der Waals surface area contributed by atoms with Crippen LogP contribution in [-0.4, -0.2) is 34.8 Å². The molecule has 0 spiro atoms. The third kappa shape index (κ3) is 3.33. The number of nitrogens with zero attached hydrogens (tertiary/aromatic N) is 2. The molecule has 2 aromatic heterocycles. The van der Waals surface area contributed by atoms with E-state index in [-0.39, 0.29) is 6.10 Å². The van der Waals surface area contributed by atoms with Crippen molar-refractivity contribution in [1.82, 2.24) is 9.97 Å². The minimum absolute atomic E-state index is 0.252. The van der Waals surface area contributed by atoms with Crippen molar-refractivity contribution >= 4 is 33.3 Å². The SMILES string of the molecule is CCC(O)CCNc1nc(NC)nc2sc(C)cc12. The van der Waals surface area contributed by atoms with Crippen LogP contribution in [0.2, 0.25) is 0 Å². The zero-order valence-corrected chi connectivity index (χ0v) is 12.3. The summed E-state index contributed by atoms with van der Waals surface area (Å²) in [4.78, 5) is 11.1. The van der Waals surface area contributed by atoms with Crippen LogP contribution >= 0.6 is 11.3 Å². The third-order valence-electron chi connectivity index (χ3n) is 2.98. The number of nitrogens with one attached hydrogen (secondary N) is 2. The highest BCUT2D eigenvalue weighted by Gasteiger charge is 2.10. The van der Waals surface area contributed by atoms with E-state index in [4.69, 9.17) is 0 Å². The standard InChI is InChI=1S/C13H20N4OS/c1-4-9(18)5-6-15-11-10-7-8(2)19-12(10)17-13(14-3)16-11/h7,9,18H,4-6H2,1-3H3,(H2,14,15,16,17). The Bertz CT molecular complexity index is 555. The number of rotatable bonds is 6. The molecule has 0 amide bonds. The van der Waals surface area contributed by atoms with Crippen LogP contribution in [0.4, 0.5) is 11.8 Å². The summed E-state index contributed by atoms with van der Waals surface area (Å²) in [5, 5.41) is 16.9. The topological polar surface area (TPSA) is 70.1 Å². The Labute approximate surface area is 117 Å². The summed E-state index contributed by atoms with van der Waals surface area (Å²) in [5.41, 5.74) is 0. The van der Waals surface area contributed by atoms with Gasteiger partial charge in [0.15, 0.2) is 0 Å². The number of aryl methyl sites for hydroxylation is 1. The molecular weight excluding hydrogens is 260 g/mol. The average molecular weight is 280 g/mol. The molecule has 1 unspecified atom stereocenters. The van der Waals surface area contributed by atoms with Gasteiger partial charge in [0.1, 0.15) is 10.6 Å². The van der Waals surface area contributed by atoms with E-state index in [1.165, 1.54) is 4.88 Å². The Morgan fingerprint density at radius 2 is 2.21 bits per heavy atom. The van der Waals surface area contributed by atoms with Crippen molar-refractivity contribution in [2.24, 2.45) is 0 Å². The summed E-state index contributed by atoms with van der Waals surface area (Å²) in [6, 6.07) is 2.10. The molecule has 5 nitrogen and oxygen atoms in total. The summed E-state index contributed by atoms with van der Waals surface area (Å²) >= 11 is 1.66. The summed E-state index contributed by atoms with van der Waals surface area (Å²) in [7, 11) is 1.81. The molecule has 19 heavy (non-hydrogen) atoms. The Hall–Kier alpha value is -1.40. The van der Waals surface area contributed by atoms with Crippen LogP contribution in [0, 0.1) is 6.92 Å². The van der Waals surface area contributed by atoms with E-state index in [1.807, 2.05) is 14.0 Å². The maximum Gasteiger partial charge on any atom is 0.225 e. The Balaban J connectivity index is 2.20. The molecule has 2 rings (SSSR count). The van der Waals surface area contributed by atoms with Crippen molar-refractivity contribution in [3.63, 3.8) is 0 Å². The fraction of sp³-hybridized carbons (Fsp3) is 0.538. The summed E-state index contributed by atoms with van der Waals surface area (Å²) < 4.78 is 0. The van der Waals surface area contributed by atoms with Crippen LogP contribution in [0.1, 0.15) is 24.6 Å². The van der Waals surface area contributed by atoms with Crippen LogP contribution in [0.5, 0.6) is 0 Å². The molecule has 1 atom stereocenters. The average Bonchev–Trinajstić information content (AvgIpc) is 2.78. The quantitative estimate of drug-likeness (QED) is 0.759. The van der Waals surface area contributed by atoms with Crippen LogP contribution < -0.4 is 10.6 Å². The zero-order valence-electron chi connectivity index (χ0n) is 11.5. The van der Waals surface area contributed by atoms with Gasteiger partial charge in [0, 0.05) is 18.5 Å². The number of thiophene rings is 1. The molecule has 0 saturated carbocycles. The molecule has 3 N–H and O–H groups in total. The number of hydrogen-bond acceptors (Lipinski definition) is 6. The molecule has 6 heteroatoms. The molecular formula is C13H20N4OS. The van der Waals surface area contributed by atoms with E-state index in [9.17, 15) is 5.11 Å². The first-order valence-corrected chi connectivity index (χ1v) is 7.33. The molecule has 0 radical (unpaired) electrons. The van der Waals surface area contributed by atoms with Gasteiger partial charge in [-0.05, 0) is 25.8 Å². The Morgan fingerprint density at radius 3 is 2.89 bits per heavy atom. The molecule has 2 heterocycles. The fourth-order valence-corrected chi connectivity index (χ4v) is 2.73. The van der Waals surface area contributed by atoms with E-state index < -0.39 is 0 Å². The second-order valence-corrected chi connectivity index (χ2v) is 5.73. The number of aliphatic hydroxyl groups excluding tert-OH is 1. The van der Waals surface area contributed by atoms with Gasteiger partial charge in [0.25, 0.3) is 0 Å². The van der Waals surface area contributed by atoms with Crippen LogP contribution in [0.3, 0.4) is 0 Å². The summed E-state index contributed by atoms with van der Waals surface area (Å²) in [6.07, 6.45) is 1.25. The lowest BCUT2D eigenvalue weighted by atomic mass is 10.2. The first-order valence-electron chi connectivity index (χ1n) is 6.52. The van der Waals surface area contributed by atoms with E-state index in [1.54, 1.807) is 11.3 Å². The molecule has 0 aromatic carbocycles. The maximum atomic E-state index is 9.57. The van der Waals surface area contributed by atoms with Crippen LogP contribution in [0.15, 0.2) is 6.07 Å². The maximum absolute atomic E-state index is 9.57. The largest absolute Gasteiger partial charge is 0.393 e. The highest BCUT2D eigenvalue weighted by Crippen LogP contribution is 2.29. The van der Waals surface area contributed by atoms with Crippen LogP contribution in [0.25, 0.3) is 10.2 Å². The van der Waals surface area contributed by atoms with Gasteiger partial charge in [-0.2, -0.15) is 4.98 Å². The highest BCUT2D eigenvalue weighted by molar-refractivity contribution is 7.18. The first-order chi connectivity index (χ1) is 9.13. The second kappa shape index (κ2) is 6.16. The summed E-state index contributed by atoms with van der Waals surface area (Å²) in [5.74, 6) is 1.45. The number of aromatic nitrogens is 2. The molecule has 0 fully saturated rings. The Morgan fingerprint density at radius 1 is 1.42 bits per heavy atom. The molecule has 2 aromatic rings. The van der Waals surface area contributed by atoms with Crippen molar-refractivity contribution < 1.29 is 5.11 Å². The van der Waals surface area contributed by atoms with Crippen molar-refractivity contribution in [3.8, 4) is 0 Å². The van der Waals surface area contributed by atoms with Gasteiger partial charge in [0.2, 0.25) is 5.95 Å². The van der Waals surface area contributed by atoms with Gasteiger partial charge in [-0.1, -0.05) is 6.92 Å². The lowest BCUT2D eigenvalue weighted by molar-refractivity contribution is 0.164. The summed E-state index contributed by atoms with van der Waals surface area (Å²) in [6.45, 7) is 4.75. The van der Waals surface area contributed by atoms with Gasteiger partial charge < -0.3 is 15.7 Å². The fourth-order valence-electron chi connectivity index (χ4n) is 1.85. The monoisotopic (exact) mass is 280 g/mol. The van der Waals surface area contributed by atoms with Crippen LogP contribution in [-0.2, 0) is 0 Å². The van der Waals surface area contributed by atoms with Crippen molar-refractivity contribution in [3.05, 3.63) is 10.9 Å². The zero-order chi connectivity index (χ0) is 13.8. The molecule has 104 valence electrons. The van der Waals surface area contributed by atoms with E-state index in [2.05, 4.69) is 33.6 Å². The van der Waals surface area contributed by atoms with E-state index >= 15 is 0 Å². The lowest BCUT2D eigenvalue weighted by Crippen LogP contribution is -2.13. The Kier molecular flexibility index (Phi) is 4.55. The first kappa shape index (κ1) is 14.0. The van der Waals surface area contributed by atoms with E-state index in [0.717, 1.165) is 28.9 Å². The molecule has 0 aliphatic heterocycles. The molecule has 0 saturated heterocycles. The number of anilines is 2. The van der Waals surface area contributed by atoms with Gasteiger partial charge in [0.05, 0.1) is 11.5 Å². The lowest BCUT2D eigenvalue weighted by Gasteiger charge is -2.10. The van der Waals surface area contributed by atoms with Crippen molar-refractivity contribution in [1.29, 1.82) is 0 Å². The molecule has 0 aliphatic carbocycles. The smallest absolute Gasteiger partial charge is 0.225 e.